The fraction of sp³-hybridized carbons (Fsp3) is 0.286. The van der Waals surface area contributed by atoms with Crippen LogP contribution in [0.5, 0.6) is 0 Å². The zero-order valence-corrected chi connectivity index (χ0v) is 11.7. The second-order valence-electron chi connectivity index (χ2n) is 4.85. The molecule has 0 fully saturated rings. The first-order chi connectivity index (χ1) is 9.99. The first-order valence-electron chi connectivity index (χ1n) is 6.50. The number of carbonyl (C=O) groups excluding carboxylic acids is 1. The van der Waals surface area contributed by atoms with Gasteiger partial charge in [0.1, 0.15) is 5.82 Å². The maximum atomic E-state index is 12.0. The maximum absolute atomic E-state index is 12.0. The van der Waals surface area contributed by atoms with Crippen LogP contribution in [0.15, 0.2) is 30.3 Å². The first kappa shape index (κ1) is 14.7. The predicted molar refractivity (Wildman–Crippen MR) is 74.8 cm³/mol. The molecule has 0 radical (unpaired) electrons. The number of carboxylic acids is 1. The number of hydrogen-bond donors (Lipinski definition) is 3. The van der Waals surface area contributed by atoms with Crippen molar-refractivity contribution >= 4 is 11.9 Å². The predicted octanol–water partition coefficient (Wildman–Crippen LogP) is 1.48. The fourth-order valence-electron chi connectivity index (χ4n) is 1.76. The second-order valence-corrected chi connectivity index (χ2v) is 4.85. The van der Waals surface area contributed by atoms with Crippen molar-refractivity contribution in [2.24, 2.45) is 0 Å². The van der Waals surface area contributed by atoms with E-state index in [4.69, 9.17) is 0 Å². The number of rotatable bonds is 5. The summed E-state index contributed by atoms with van der Waals surface area (Å²) in [6.07, 6.45) is 0. The average molecular weight is 288 g/mol. The van der Waals surface area contributed by atoms with Crippen LogP contribution in [-0.4, -0.2) is 32.2 Å². The van der Waals surface area contributed by atoms with E-state index < -0.39 is 17.9 Å². The Morgan fingerprint density at radius 2 is 1.90 bits per heavy atom. The van der Waals surface area contributed by atoms with Crippen LogP contribution >= 0.6 is 0 Å². The fourth-order valence-corrected chi connectivity index (χ4v) is 1.76. The normalized spacial score (nSPS) is 12.1. The van der Waals surface area contributed by atoms with Crippen molar-refractivity contribution in [1.82, 2.24) is 20.5 Å². The highest BCUT2D eigenvalue weighted by Crippen LogP contribution is 2.14. The number of benzene rings is 1. The van der Waals surface area contributed by atoms with Crippen LogP contribution in [0.25, 0.3) is 0 Å². The molecule has 1 heterocycles. The molecular weight excluding hydrogens is 272 g/mol. The van der Waals surface area contributed by atoms with Gasteiger partial charge in [-0.25, -0.2) is 9.78 Å². The van der Waals surface area contributed by atoms with Gasteiger partial charge in [-0.3, -0.25) is 9.89 Å². The lowest BCUT2D eigenvalue weighted by atomic mass is 10.1. The van der Waals surface area contributed by atoms with Crippen LogP contribution in [0.3, 0.4) is 0 Å². The lowest BCUT2D eigenvalue weighted by molar-refractivity contribution is -0.139. The van der Waals surface area contributed by atoms with Gasteiger partial charge in [-0.05, 0) is 5.56 Å². The monoisotopic (exact) mass is 288 g/mol. The number of carbonyl (C=O) groups is 2. The molecule has 1 aromatic carbocycles. The summed E-state index contributed by atoms with van der Waals surface area (Å²) in [5, 5.41) is 18.1. The largest absolute Gasteiger partial charge is 0.479 e. The minimum atomic E-state index is -1.14. The molecule has 21 heavy (non-hydrogen) atoms. The Hall–Kier alpha value is -2.70. The molecule has 2 aromatic rings. The first-order valence-corrected chi connectivity index (χ1v) is 6.50. The molecule has 0 spiro atoms. The Kier molecular flexibility index (Phi) is 4.32. The Morgan fingerprint density at radius 3 is 2.43 bits per heavy atom. The zero-order chi connectivity index (χ0) is 15.4. The van der Waals surface area contributed by atoms with Crippen LogP contribution in [0.4, 0.5) is 0 Å². The average Bonchev–Trinajstić information content (AvgIpc) is 2.95. The highest BCUT2D eigenvalue weighted by Gasteiger charge is 2.24. The minimum Gasteiger partial charge on any atom is -0.479 e. The number of aliphatic carboxylic acids is 1. The number of aromatic nitrogens is 3. The van der Waals surface area contributed by atoms with Gasteiger partial charge in [0.15, 0.2) is 6.04 Å². The topological polar surface area (TPSA) is 108 Å². The quantitative estimate of drug-likeness (QED) is 0.772. The Labute approximate surface area is 121 Å². The van der Waals surface area contributed by atoms with Gasteiger partial charge >= 0.3 is 5.97 Å². The Balaban J connectivity index is 2.17. The summed E-state index contributed by atoms with van der Waals surface area (Å²) in [5.41, 5.74) is 0.484. The standard InChI is InChI=1S/C14H16N4O3/c1-8(2)11-16-12(18-17-11)13(19)15-10(14(20)21)9-6-4-3-5-7-9/h3-8,10H,1-2H3,(H,15,19)(H,20,21)(H,16,17,18). The lowest BCUT2D eigenvalue weighted by Crippen LogP contribution is -2.34. The molecule has 3 N–H and O–H groups in total. The zero-order valence-electron chi connectivity index (χ0n) is 11.7. The van der Waals surface area contributed by atoms with E-state index >= 15 is 0 Å². The summed E-state index contributed by atoms with van der Waals surface area (Å²) in [6, 6.07) is 7.32. The number of H-pyrrole nitrogens is 1. The molecule has 0 aliphatic heterocycles. The van der Waals surface area contributed by atoms with E-state index in [-0.39, 0.29) is 11.7 Å². The van der Waals surface area contributed by atoms with E-state index in [1.54, 1.807) is 30.3 Å². The van der Waals surface area contributed by atoms with E-state index in [0.717, 1.165) is 0 Å². The molecule has 1 unspecified atom stereocenters. The van der Waals surface area contributed by atoms with Gasteiger partial charge in [0.05, 0.1) is 0 Å². The van der Waals surface area contributed by atoms with Crippen LogP contribution in [0.2, 0.25) is 0 Å². The molecule has 0 bridgehead atoms. The number of hydrogen-bond acceptors (Lipinski definition) is 4. The van der Waals surface area contributed by atoms with Gasteiger partial charge in [-0.15, -0.1) is 5.10 Å². The third-order valence-electron chi connectivity index (χ3n) is 2.91. The van der Waals surface area contributed by atoms with Crippen molar-refractivity contribution in [3.63, 3.8) is 0 Å². The van der Waals surface area contributed by atoms with Gasteiger partial charge in [0, 0.05) is 5.92 Å². The van der Waals surface area contributed by atoms with Gasteiger partial charge < -0.3 is 10.4 Å². The molecule has 1 amide bonds. The molecule has 0 saturated heterocycles. The van der Waals surface area contributed by atoms with E-state index in [9.17, 15) is 14.7 Å². The van der Waals surface area contributed by atoms with Crippen molar-refractivity contribution < 1.29 is 14.7 Å². The third kappa shape index (κ3) is 3.44. The summed E-state index contributed by atoms with van der Waals surface area (Å²) in [7, 11) is 0. The molecule has 1 aromatic heterocycles. The van der Waals surface area contributed by atoms with Crippen molar-refractivity contribution in [1.29, 1.82) is 0 Å². The molecule has 2 rings (SSSR count). The summed E-state index contributed by atoms with van der Waals surface area (Å²) in [5.74, 6) is -1.17. The van der Waals surface area contributed by atoms with E-state index in [0.29, 0.717) is 11.4 Å². The molecule has 1 atom stereocenters. The second kappa shape index (κ2) is 6.17. The maximum Gasteiger partial charge on any atom is 0.330 e. The van der Waals surface area contributed by atoms with Crippen molar-refractivity contribution in [3.05, 3.63) is 47.5 Å². The van der Waals surface area contributed by atoms with Crippen molar-refractivity contribution in [2.75, 3.05) is 0 Å². The number of amides is 1. The van der Waals surface area contributed by atoms with Gasteiger partial charge in [0.25, 0.3) is 5.91 Å². The van der Waals surface area contributed by atoms with Crippen molar-refractivity contribution in [3.8, 4) is 0 Å². The molecule has 110 valence electrons. The highest BCUT2D eigenvalue weighted by atomic mass is 16.4. The molecule has 7 nitrogen and oxygen atoms in total. The van der Waals surface area contributed by atoms with Crippen molar-refractivity contribution in [2.45, 2.75) is 25.8 Å². The Bertz CT molecular complexity index is 637. The summed E-state index contributed by atoms with van der Waals surface area (Å²) in [4.78, 5) is 27.4. The third-order valence-corrected chi connectivity index (χ3v) is 2.91. The number of carboxylic acid groups (broad SMARTS) is 1. The van der Waals surface area contributed by atoms with Gasteiger partial charge in [-0.1, -0.05) is 44.2 Å². The van der Waals surface area contributed by atoms with Gasteiger partial charge in [-0.2, -0.15) is 0 Å². The minimum absolute atomic E-state index is 0.0686. The summed E-state index contributed by atoms with van der Waals surface area (Å²) in [6.45, 7) is 3.82. The van der Waals surface area contributed by atoms with Crippen LogP contribution in [-0.2, 0) is 4.79 Å². The number of aromatic amines is 1. The molecule has 7 heteroatoms. The highest BCUT2D eigenvalue weighted by molar-refractivity contribution is 5.93. The van der Waals surface area contributed by atoms with E-state index in [1.165, 1.54) is 0 Å². The van der Waals surface area contributed by atoms with Gasteiger partial charge in [0.2, 0.25) is 5.82 Å². The van der Waals surface area contributed by atoms with E-state index in [2.05, 4.69) is 20.5 Å². The summed E-state index contributed by atoms with van der Waals surface area (Å²) < 4.78 is 0. The van der Waals surface area contributed by atoms with Crippen LogP contribution in [0, 0.1) is 0 Å². The number of nitrogens with zero attached hydrogens (tertiary/aromatic N) is 2. The number of nitrogens with one attached hydrogen (secondary N) is 2. The molecule has 0 saturated carbocycles. The molecule has 0 aliphatic rings. The van der Waals surface area contributed by atoms with E-state index in [1.807, 2.05) is 13.8 Å². The van der Waals surface area contributed by atoms with Crippen LogP contribution in [0.1, 0.15) is 47.8 Å². The Morgan fingerprint density at radius 1 is 1.24 bits per heavy atom. The lowest BCUT2D eigenvalue weighted by Gasteiger charge is -2.13. The molecular formula is C14H16N4O3. The SMILES string of the molecule is CC(C)c1nc(C(=O)NC(C(=O)O)c2ccccc2)n[nH]1. The smallest absolute Gasteiger partial charge is 0.330 e. The molecule has 0 aliphatic carbocycles. The summed E-state index contributed by atoms with van der Waals surface area (Å²) >= 11 is 0. The van der Waals surface area contributed by atoms with Crippen LogP contribution < -0.4 is 5.32 Å².